The van der Waals surface area contributed by atoms with Crippen molar-refractivity contribution >= 4 is 17.7 Å². The van der Waals surface area contributed by atoms with E-state index in [0.29, 0.717) is 28.9 Å². The van der Waals surface area contributed by atoms with Crippen molar-refractivity contribution in [2.45, 2.75) is 31.7 Å². The first-order valence-electron chi connectivity index (χ1n) is 8.42. The molecule has 0 atom stereocenters. The van der Waals surface area contributed by atoms with Crippen molar-refractivity contribution in [2.24, 2.45) is 0 Å². The van der Waals surface area contributed by atoms with Crippen molar-refractivity contribution < 1.29 is 17.4 Å². The van der Waals surface area contributed by atoms with Gasteiger partial charge in [-0.3, -0.25) is 9.20 Å². The fourth-order valence-corrected chi connectivity index (χ4v) is 3.02. The van der Waals surface area contributed by atoms with Crippen LogP contribution in [0.5, 0.6) is 5.75 Å². The third-order valence-electron chi connectivity index (χ3n) is 3.95. The van der Waals surface area contributed by atoms with E-state index in [1.165, 1.54) is 16.5 Å². The van der Waals surface area contributed by atoms with Crippen molar-refractivity contribution in [1.29, 1.82) is 0 Å². The fraction of sp³-hybridized carbons (Fsp3) is 0.263. The normalized spacial score (nSPS) is 11.7. The van der Waals surface area contributed by atoms with Gasteiger partial charge < -0.3 is 4.18 Å². The van der Waals surface area contributed by atoms with E-state index in [1.54, 1.807) is 30.5 Å². The van der Waals surface area contributed by atoms with Crippen molar-refractivity contribution in [1.82, 2.24) is 9.38 Å². The molecule has 3 rings (SSSR count). The zero-order valence-electron chi connectivity index (χ0n) is 14.5. The number of aromatic nitrogens is 2. The minimum atomic E-state index is -4.48. The summed E-state index contributed by atoms with van der Waals surface area (Å²) in [5.74, 6) is 0.0602. The molecule has 0 aliphatic rings. The summed E-state index contributed by atoms with van der Waals surface area (Å²) in [6, 6.07) is 11.3. The molecule has 0 unspecified atom stereocenters. The molecule has 0 aliphatic heterocycles. The average molecular weight is 394 g/mol. The Labute approximate surface area is 158 Å². The summed E-state index contributed by atoms with van der Waals surface area (Å²) < 4.78 is 42.8. The molecule has 0 amide bonds. The molecular weight excluding hydrogens is 377 g/mol. The number of fused-ring (bicyclic) bond motifs is 1. The van der Waals surface area contributed by atoms with Crippen LogP contribution in [-0.2, 0) is 6.42 Å². The van der Waals surface area contributed by atoms with Crippen LogP contribution in [-0.4, -0.2) is 14.9 Å². The number of hydrogen-bond acceptors (Lipinski definition) is 4. The highest BCUT2D eigenvalue weighted by Crippen LogP contribution is 2.33. The number of alkyl halides is 3. The SMILES string of the molecule is CCCCc1nc2ccccn2c(=O)c1-c1ccc(OSC(F)(F)F)cc1. The van der Waals surface area contributed by atoms with Gasteiger partial charge in [0.05, 0.1) is 11.3 Å². The Bertz CT molecular complexity index is 985. The molecule has 0 fully saturated rings. The van der Waals surface area contributed by atoms with Gasteiger partial charge in [-0.25, -0.2) is 4.98 Å². The highest BCUT2D eigenvalue weighted by atomic mass is 32.2. The maximum absolute atomic E-state index is 13.0. The van der Waals surface area contributed by atoms with Gasteiger partial charge in [0.15, 0.2) is 12.0 Å². The first kappa shape index (κ1) is 19.3. The van der Waals surface area contributed by atoms with E-state index in [9.17, 15) is 18.0 Å². The number of benzene rings is 1. The zero-order valence-corrected chi connectivity index (χ0v) is 15.3. The molecule has 27 heavy (non-hydrogen) atoms. The predicted octanol–water partition coefficient (Wildman–Crippen LogP) is 5.25. The first-order valence-corrected chi connectivity index (χ1v) is 9.16. The van der Waals surface area contributed by atoms with Crippen LogP contribution in [0.1, 0.15) is 25.5 Å². The molecule has 0 saturated carbocycles. The lowest BCUT2D eigenvalue weighted by atomic mass is 10.0. The van der Waals surface area contributed by atoms with Gasteiger partial charge in [0.1, 0.15) is 11.4 Å². The molecule has 8 heteroatoms. The Morgan fingerprint density at radius 3 is 2.56 bits per heavy atom. The summed E-state index contributed by atoms with van der Waals surface area (Å²) in [5, 5.41) is 0. The first-order chi connectivity index (χ1) is 12.9. The molecular formula is C19H17F3N2O2S. The van der Waals surface area contributed by atoms with Crippen LogP contribution in [0.2, 0.25) is 0 Å². The molecule has 0 N–H and O–H groups in total. The van der Waals surface area contributed by atoms with E-state index in [4.69, 9.17) is 0 Å². The Morgan fingerprint density at radius 1 is 1.15 bits per heavy atom. The molecule has 1 aromatic carbocycles. The van der Waals surface area contributed by atoms with E-state index in [2.05, 4.69) is 16.1 Å². The summed E-state index contributed by atoms with van der Waals surface area (Å²) in [4.78, 5) is 17.6. The van der Waals surface area contributed by atoms with Crippen LogP contribution >= 0.6 is 12.0 Å². The summed E-state index contributed by atoms with van der Waals surface area (Å²) in [5.41, 5.74) is -2.37. The number of rotatable bonds is 6. The van der Waals surface area contributed by atoms with Gasteiger partial charge in [-0.15, -0.1) is 0 Å². The van der Waals surface area contributed by atoms with Gasteiger partial charge in [0.25, 0.3) is 5.56 Å². The number of nitrogens with zero attached hydrogens (tertiary/aromatic N) is 2. The third kappa shape index (κ3) is 4.63. The molecule has 0 bridgehead atoms. The van der Waals surface area contributed by atoms with Crippen LogP contribution in [0.4, 0.5) is 13.2 Å². The molecule has 2 heterocycles. The van der Waals surface area contributed by atoms with Crippen molar-refractivity contribution in [3.63, 3.8) is 0 Å². The van der Waals surface area contributed by atoms with Crippen molar-refractivity contribution in [3.8, 4) is 16.9 Å². The molecule has 0 radical (unpaired) electrons. The smallest absolute Gasteiger partial charge is 0.417 e. The Morgan fingerprint density at radius 2 is 1.89 bits per heavy atom. The zero-order chi connectivity index (χ0) is 19.4. The molecule has 3 aromatic rings. The van der Waals surface area contributed by atoms with Crippen molar-refractivity contribution in [3.05, 3.63) is 64.7 Å². The van der Waals surface area contributed by atoms with Gasteiger partial charge >= 0.3 is 5.51 Å². The topological polar surface area (TPSA) is 43.6 Å². The number of pyridine rings is 1. The van der Waals surface area contributed by atoms with Gasteiger partial charge in [-0.05, 0) is 42.7 Å². The van der Waals surface area contributed by atoms with E-state index in [1.807, 2.05) is 6.07 Å². The second-order valence-electron chi connectivity index (χ2n) is 5.91. The summed E-state index contributed by atoms with van der Waals surface area (Å²) in [6.07, 6.45) is 4.13. The monoisotopic (exact) mass is 394 g/mol. The average Bonchev–Trinajstić information content (AvgIpc) is 2.65. The highest BCUT2D eigenvalue weighted by molar-refractivity contribution is 7.95. The van der Waals surface area contributed by atoms with Crippen LogP contribution in [0.15, 0.2) is 53.5 Å². The number of hydrogen-bond donors (Lipinski definition) is 0. The largest absolute Gasteiger partial charge is 0.479 e. The molecule has 4 nitrogen and oxygen atoms in total. The quantitative estimate of drug-likeness (QED) is 0.536. The van der Waals surface area contributed by atoms with Crippen LogP contribution in [0, 0.1) is 0 Å². The van der Waals surface area contributed by atoms with E-state index in [-0.39, 0.29) is 11.3 Å². The van der Waals surface area contributed by atoms with Gasteiger partial charge in [0, 0.05) is 6.20 Å². The Kier molecular flexibility index (Phi) is 5.74. The lowest BCUT2D eigenvalue weighted by Gasteiger charge is -2.12. The molecule has 142 valence electrons. The number of unbranched alkanes of at least 4 members (excludes halogenated alkanes) is 1. The minimum absolute atomic E-state index is 0.0602. The number of halogens is 3. The van der Waals surface area contributed by atoms with Gasteiger partial charge in [-0.2, -0.15) is 13.2 Å². The summed E-state index contributed by atoms with van der Waals surface area (Å²) in [7, 11) is 0. The fourth-order valence-electron chi connectivity index (χ4n) is 2.72. The predicted molar refractivity (Wildman–Crippen MR) is 99.8 cm³/mol. The lowest BCUT2D eigenvalue weighted by molar-refractivity contribution is -0.0369. The van der Waals surface area contributed by atoms with Crippen LogP contribution in [0.3, 0.4) is 0 Å². The number of aryl methyl sites for hydroxylation is 1. The second kappa shape index (κ2) is 8.04. The van der Waals surface area contributed by atoms with Gasteiger partial charge in [0.2, 0.25) is 0 Å². The third-order valence-corrected chi connectivity index (χ3v) is 4.42. The maximum atomic E-state index is 13.0. The summed E-state index contributed by atoms with van der Waals surface area (Å²) >= 11 is -0.571. The van der Waals surface area contributed by atoms with E-state index < -0.39 is 17.6 Å². The molecule has 0 saturated heterocycles. The van der Waals surface area contributed by atoms with Crippen molar-refractivity contribution in [2.75, 3.05) is 0 Å². The van der Waals surface area contributed by atoms with Gasteiger partial charge in [-0.1, -0.05) is 31.5 Å². The second-order valence-corrected chi connectivity index (χ2v) is 6.70. The molecule has 0 spiro atoms. The summed E-state index contributed by atoms with van der Waals surface area (Å²) in [6.45, 7) is 2.05. The standard InChI is InChI=1S/C19H17F3N2O2S/c1-2-3-6-15-17(18(25)24-12-5-4-7-16(24)23-15)13-8-10-14(11-9-13)26-27-19(20,21)22/h4-5,7-12H,2-3,6H2,1H3. The Balaban J connectivity index is 2.01. The minimum Gasteiger partial charge on any atom is -0.417 e. The van der Waals surface area contributed by atoms with E-state index >= 15 is 0 Å². The molecule has 2 aromatic heterocycles. The Hall–Kier alpha value is -2.48. The maximum Gasteiger partial charge on any atom is 0.479 e. The highest BCUT2D eigenvalue weighted by Gasteiger charge is 2.31. The van der Waals surface area contributed by atoms with E-state index in [0.717, 1.165) is 12.8 Å². The van der Waals surface area contributed by atoms with Crippen LogP contribution < -0.4 is 9.74 Å². The lowest BCUT2D eigenvalue weighted by Crippen LogP contribution is -2.19. The molecule has 0 aliphatic carbocycles. The van der Waals surface area contributed by atoms with Crippen LogP contribution in [0.25, 0.3) is 16.8 Å².